The van der Waals surface area contributed by atoms with Gasteiger partial charge >= 0.3 is 5.97 Å². The summed E-state index contributed by atoms with van der Waals surface area (Å²) in [4.78, 5) is 30.6. The maximum absolute atomic E-state index is 12.5. The molecule has 1 aromatic rings. The molecule has 2 aliphatic rings. The van der Waals surface area contributed by atoms with Crippen LogP contribution in [0, 0.1) is 0 Å². The molecule has 2 aliphatic heterocycles. The molecule has 0 saturated carbocycles. The first-order chi connectivity index (χ1) is 13.9. The van der Waals surface area contributed by atoms with Gasteiger partial charge in [0.15, 0.2) is 0 Å². The summed E-state index contributed by atoms with van der Waals surface area (Å²) >= 11 is 7.85. The van der Waals surface area contributed by atoms with Gasteiger partial charge in [0.1, 0.15) is 20.8 Å². The molecule has 0 aromatic heterocycles. The Kier molecular flexibility index (Phi) is 9.01. The van der Waals surface area contributed by atoms with Gasteiger partial charge in [-0.25, -0.2) is 0 Å². The van der Waals surface area contributed by atoms with Gasteiger partial charge in [0.2, 0.25) is 0 Å². The number of hydrogen-bond acceptors (Lipinski definition) is 7. The van der Waals surface area contributed by atoms with Crippen LogP contribution in [0.2, 0.25) is 0 Å². The molecular weight excluding hydrogens is 426 g/mol. The molecule has 29 heavy (non-hydrogen) atoms. The molecule has 0 radical (unpaired) electrons. The molecule has 1 saturated heterocycles. The third-order valence-corrected chi connectivity index (χ3v) is 7.35. The van der Waals surface area contributed by atoms with Crippen LogP contribution in [-0.2, 0) is 9.59 Å². The van der Waals surface area contributed by atoms with Crippen LogP contribution in [0.5, 0.6) is 0 Å². The molecule has 2 heterocycles. The van der Waals surface area contributed by atoms with Crippen molar-refractivity contribution in [3.05, 3.63) is 34.2 Å². The van der Waals surface area contributed by atoms with Crippen molar-refractivity contribution in [2.24, 2.45) is 0 Å². The normalized spacial score (nSPS) is 18.2. The number of amides is 1. The van der Waals surface area contributed by atoms with E-state index in [0.29, 0.717) is 9.23 Å². The number of rotatable bonds is 6. The molecule has 0 aliphatic carbocycles. The largest absolute Gasteiger partial charge is 0.480 e. The summed E-state index contributed by atoms with van der Waals surface area (Å²) < 4.78 is 0.294. The Morgan fingerprint density at radius 1 is 1.07 bits per heavy atom. The van der Waals surface area contributed by atoms with Crippen LogP contribution in [0.15, 0.2) is 39.1 Å². The third-order valence-electron chi connectivity index (χ3n) is 4.60. The maximum atomic E-state index is 12.5. The first-order valence-corrected chi connectivity index (χ1v) is 11.7. The lowest BCUT2D eigenvalue weighted by molar-refractivity contribution is -0.140. The smallest absolute Gasteiger partial charge is 0.323 e. The van der Waals surface area contributed by atoms with E-state index in [1.54, 1.807) is 0 Å². The average molecular weight is 454 g/mol. The minimum Gasteiger partial charge on any atom is -0.480 e. The second kappa shape index (κ2) is 11.0. The lowest BCUT2D eigenvalue weighted by atomic mass is 10.3. The van der Waals surface area contributed by atoms with E-state index in [4.69, 9.17) is 17.3 Å². The summed E-state index contributed by atoms with van der Waals surface area (Å²) in [6.45, 7) is 12.5. The number of anilines is 1. The minimum atomic E-state index is -1.07. The van der Waals surface area contributed by atoms with E-state index in [2.05, 4.69) is 30.6 Å². The molecule has 9 heteroatoms. The molecule has 158 valence electrons. The number of carboxylic acid groups (broad SMARTS) is 1. The standard InChI is InChI=1S/C14H12N2O3S3.C6H15N/c1-2-15-8-5-3-4-6-9(8)21-13(15)11-12(19)16(7-10(17)18)14(20)22-11;1-4-7(5-2)6-3/h3-6H,2,7H2,1H3,(H,17,18);4-6H2,1-3H3/b13-11+;. The SMILES string of the molecule is CCN(CC)CC.CCN1/C(=C2\SC(=S)N(CC(=O)O)C2=O)Sc2ccccc21. The van der Waals surface area contributed by atoms with Gasteiger partial charge in [-0.2, -0.15) is 0 Å². The molecule has 3 rings (SSSR count). The Morgan fingerprint density at radius 3 is 2.21 bits per heavy atom. The van der Waals surface area contributed by atoms with Crippen LogP contribution in [0.25, 0.3) is 0 Å². The van der Waals surface area contributed by atoms with Crippen LogP contribution >= 0.6 is 35.7 Å². The fourth-order valence-corrected chi connectivity index (χ4v) is 5.62. The highest BCUT2D eigenvalue weighted by molar-refractivity contribution is 8.27. The van der Waals surface area contributed by atoms with Crippen molar-refractivity contribution < 1.29 is 14.7 Å². The van der Waals surface area contributed by atoms with E-state index in [1.165, 1.54) is 43.2 Å². The van der Waals surface area contributed by atoms with E-state index in [-0.39, 0.29) is 5.91 Å². The molecule has 6 nitrogen and oxygen atoms in total. The summed E-state index contributed by atoms with van der Waals surface area (Å²) in [5.74, 6) is -1.40. The minimum absolute atomic E-state index is 0.294. The highest BCUT2D eigenvalue weighted by Crippen LogP contribution is 2.50. The number of aliphatic carboxylic acids is 1. The monoisotopic (exact) mass is 453 g/mol. The van der Waals surface area contributed by atoms with Crippen LogP contribution in [0.3, 0.4) is 0 Å². The Labute approximate surface area is 186 Å². The lowest BCUT2D eigenvalue weighted by Crippen LogP contribution is -2.33. The van der Waals surface area contributed by atoms with Crippen LogP contribution in [0.4, 0.5) is 5.69 Å². The van der Waals surface area contributed by atoms with E-state index < -0.39 is 12.5 Å². The van der Waals surface area contributed by atoms with E-state index in [9.17, 15) is 9.59 Å². The van der Waals surface area contributed by atoms with Gasteiger partial charge in [0.05, 0.1) is 5.69 Å². The zero-order valence-electron chi connectivity index (χ0n) is 17.2. The fourth-order valence-electron chi connectivity index (χ4n) is 2.99. The summed E-state index contributed by atoms with van der Waals surface area (Å²) in [5, 5.41) is 9.73. The zero-order valence-corrected chi connectivity index (χ0v) is 19.6. The Balaban J connectivity index is 0.000000370. The van der Waals surface area contributed by atoms with Crippen molar-refractivity contribution in [2.45, 2.75) is 32.6 Å². The van der Waals surface area contributed by atoms with Gasteiger partial charge in [0, 0.05) is 11.4 Å². The van der Waals surface area contributed by atoms with Crippen LogP contribution in [0.1, 0.15) is 27.7 Å². The number of para-hydroxylation sites is 1. The number of carbonyl (C=O) groups is 2. The number of nitrogens with zero attached hydrogens (tertiary/aromatic N) is 3. The Bertz CT molecular complexity index is 804. The summed E-state index contributed by atoms with van der Waals surface area (Å²) in [6.07, 6.45) is 0. The van der Waals surface area contributed by atoms with Crippen molar-refractivity contribution in [3.63, 3.8) is 0 Å². The van der Waals surface area contributed by atoms with Gasteiger partial charge in [-0.1, -0.05) is 68.6 Å². The van der Waals surface area contributed by atoms with Crippen molar-refractivity contribution >= 4 is 57.6 Å². The van der Waals surface area contributed by atoms with Gasteiger partial charge in [-0.15, -0.1) is 0 Å². The number of thioether (sulfide) groups is 2. The maximum Gasteiger partial charge on any atom is 0.323 e. The number of carboxylic acids is 1. The molecule has 1 fully saturated rings. The van der Waals surface area contributed by atoms with Crippen molar-refractivity contribution in [3.8, 4) is 0 Å². The molecule has 0 unspecified atom stereocenters. The van der Waals surface area contributed by atoms with E-state index >= 15 is 0 Å². The molecule has 0 atom stereocenters. The average Bonchev–Trinajstić information content (AvgIpc) is 3.21. The number of fused-ring (bicyclic) bond motifs is 1. The van der Waals surface area contributed by atoms with Crippen molar-refractivity contribution in [1.29, 1.82) is 0 Å². The van der Waals surface area contributed by atoms with Gasteiger partial charge in [-0.3, -0.25) is 14.5 Å². The Morgan fingerprint density at radius 2 is 1.69 bits per heavy atom. The molecule has 1 aromatic carbocycles. The highest BCUT2D eigenvalue weighted by atomic mass is 32.2. The predicted octanol–water partition coefficient (Wildman–Crippen LogP) is 4.08. The molecule has 1 amide bonds. The van der Waals surface area contributed by atoms with Crippen LogP contribution < -0.4 is 4.90 Å². The van der Waals surface area contributed by atoms with Gasteiger partial charge < -0.3 is 14.9 Å². The summed E-state index contributed by atoms with van der Waals surface area (Å²) in [7, 11) is 0. The third kappa shape index (κ3) is 5.53. The Hall–Kier alpha value is -1.55. The molecule has 1 N–H and O–H groups in total. The quantitative estimate of drug-likeness (QED) is 0.511. The second-order valence-corrected chi connectivity index (χ2v) is 8.90. The van der Waals surface area contributed by atoms with Gasteiger partial charge in [-0.05, 0) is 38.7 Å². The van der Waals surface area contributed by atoms with Crippen molar-refractivity contribution in [1.82, 2.24) is 9.80 Å². The zero-order chi connectivity index (χ0) is 21.6. The van der Waals surface area contributed by atoms with E-state index in [1.807, 2.05) is 31.2 Å². The van der Waals surface area contributed by atoms with Crippen LogP contribution in [-0.4, -0.2) is 63.8 Å². The number of benzene rings is 1. The highest BCUT2D eigenvalue weighted by Gasteiger charge is 2.39. The predicted molar refractivity (Wildman–Crippen MR) is 125 cm³/mol. The van der Waals surface area contributed by atoms with E-state index in [0.717, 1.165) is 27.1 Å². The topological polar surface area (TPSA) is 64.1 Å². The number of hydrogen-bond donors (Lipinski definition) is 1. The number of carbonyl (C=O) groups excluding carboxylic acids is 1. The van der Waals surface area contributed by atoms with Crippen molar-refractivity contribution in [2.75, 3.05) is 37.6 Å². The number of thiocarbonyl (C=S) groups is 1. The first kappa shape index (κ1) is 23.7. The summed E-state index contributed by atoms with van der Waals surface area (Å²) in [5.41, 5.74) is 1.06. The molecule has 0 bridgehead atoms. The summed E-state index contributed by atoms with van der Waals surface area (Å²) in [6, 6.07) is 7.93. The molecular formula is C20H27N3O3S3. The molecule has 0 spiro atoms. The fraction of sp³-hybridized carbons (Fsp3) is 0.450. The first-order valence-electron chi connectivity index (χ1n) is 9.64. The van der Waals surface area contributed by atoms with Gasteiger partial charge in [0.25, 0.3) is 5.91 Å². The second-order valence-electron chi connectivity index (χ2n) is 6.22. The lowest BCUT2D eigenvalue weighted by Gasteiger charge is -2.19.